The molecule has 0 amide bonds. The van der Waals surface area contributed by atoms with Crippen molar-refractivity contribution in [1.82, 2.24) is 15.1 Å². The van der Waals surface area contributed by atoms with Gasteiger partial charge in [-0.05, 0) is 38.3 Å². The first-order chi connectivity index (χ1) is 10.1. The molecule has 1 N–H and O–H groups in total. The van der Waals surface area contributed by atoms with Crippen LogP contribution < -0.4 is 10.1 Å². The van der Waals surface area contributed by atoms with Crippen molar-refractivity contribution < 1.29 is 9.13 Å². The van der Waals surface area contributed by atoms with E-state index in [0.717, 1.165) is 11.3 Å². The SMILES string of the molecule is Cc1cccc(Oc2c(CNC3CC3)c(C)nn2C)c1F. The summed E-state index contributed by atoms with van der Waals surface area (Å²) in [5.74, 6) is 0.522. The smallest absolute Gasteiger partial charge is 0.222 e. The number of nitrogens with one attached hydrogen (secondary N) is 1. The lowest BCUT2D eigenvalue weighted by Gasteiger charge is -2.11. The molecule has 5 heteroatoms. The molecule has 1 aromatic carbocycles. The highest BCUT2D eigenvalue weighted by molar-refractivity contribution is 5.38. The van der Waals surface area contributed by atoms with Crippen molar-refractivity contribution >= 4 is 0 Å². The van der Waals surface area contributed by atoms with E-state index in [-0.39, 0.29) is 11.6 Å². The lowest BCUT2D eigenvalue weighted by Crippen LogP contribution is -2.16. The summed E-state index contributed by atoms with van der Waals surface area (Å²) in [7, 11) is 1.82. The van der Waals surface area contributed by atoms with Crippen molar-refractivity contribution in [2.24, 2.45) is 7.05 Å². The number of aromatic nitrogens is 2. The van der Waals surface area contributed by atoms with Crippen LogP contribution >= 0.6 is 0 Å². The second-order valence-corrected chi connectivity index (χ2v) is 5.64. The summed E-state index contributed by atoms with van der Waals surface area (Å²) in [4.78, 5) is 0. The van der Waals surface area contributed by atoms with Crippen molar-refractivity contribution in [3.63, 3.8) is 0 Å². The molecule has 112 valence electrons. The van der Waals surface area contributed by atoms with Crippen molar-refractivity contribution in [1.29, 1.82) is 0 Å². The third-order valence-corrected chi connectivity index (χ3v) is 3.80. The maximum atomic E-state index is 14.1. The molecular weight excluding hydrogens is 269 g/mol. The summed E-state index contributed by atoms with van der Waals surface area (Å²) >= 11 is 0. The number of halogens is 1. The second kappa shape index (κ2) is 5.48. The molecule has 0 atom stereocenters. The van der Waals surface area contributed by atoms with Crippen LogP contribution in [0.25, 0.3) is 0 Å². The number of hydrogen-bond acceptors (Lipinski definition) is 3. The Morgan fingerprint density at radius 1 is 1.38 bits per heavy atom. The van der Waals surface area contributed by atoms with E-state index in [0.29, 0.717) is 24.0 Å². The van der Waals surface area contributed by atoms with Gasteiger partial charge in [0.15, 0.2) is 11.6 Å². The largest absolute Gasteiger partial charge is 0.436 e. The Hall–Kier alpha value is -1.88. The second-order valence-electron chi connectivity index (χ2n) is 5.64. The summed E-state index contributed by atoms with van der Waals surface area (Å²) in [6.45, 7) is 4.38. The number of benzene rings is 1. The van der Waals surface area contributed by atoms with Gasteiger partial charge in [-0.25, -0.2) is 9.07 Å². The third-order valence-electron chi connectivity index (χ3n) is 3.80. The minimum Gasteiger partial charge on any atom is -0.436 e. The predicted molar refractivity (Wildman–Crippen MR) is 79.0 cm³/mol. The average Bonchev–Trinajstić information content (AvgIpc) is 3.22. The molecular formula is C16H20FN3O. The van der Waals surface area contributed by atoms with Crippen LogP contribution in [0.5, 0.6) is 11.6 Å². The average molecular weight is 289 g/mol. The summed E-state index contributed by atoms with van der Waals surface area (Å²) in [6, 6.07) is 5.77. The van der Waals surface area contributed by atoms with Crippen LogP contribution in [0, 0.1) is 19.7 Å². The number of aryl methyl sites for hydroxylation is 3. The van der Waals surface area contributed by atoms with Gasteiger partial charge in [0.2, 0.25) is 5.88 Å². The molecule has 0 radical (unpaired) electrons. The fourth-order valence-electron chi connectivity index (χ4n) is 2.35. The maximum Gasteiger partial charge on any atom is 0.222 e. The molecule has 1 aliphatic carbocycles. The Morgan fingerprint density at radius 2 is 2.14 bits per heavy atom. The van der Waals surface area contributed by atoms with Gasteiger partial charge < -0.3 is 10.1 Å². The predicted octanol–water partition coefficient (Wildman–Crippen LogP) is 3.22. The Kier molecular flexibility index (Phi) is 3.68. The number of rotatable bonds is 5. The molecule has 1 aliphatic rings. The highest BCUT2D eigenvalue weighted by Gasteiger charge is 2.23. The van der Waals surface area contributed by atoms with Gasteiger partial charge >= 0.3 is 0 Å². The first kappa shape index (κ1) is 14.1. The van der Waals surface area contributed by atoms with Gasteiger partial charge in [0, 0.05) is 19.6 Å². The Labute approximate surface area is 123 Å². The van der Waals surface area contributed by atoms with Crippen molar-refractivity contribution in [2.45, 2.75) is 39.3 Å². The van der Waals surface area contributed by atoms with E-state index < -0.39 is 0 Å². The molecule has 0 bridgehead atoms. The van der Waals surface area contributed by atoms with E-state index in [1.165, 1.54) is 12.8 Å². The Morgan fingerprint density at radius 3 is 2.86 bits per heavy atom. The lowest BCUT2D eigenvalue weighted by molar-refractivity contribution is 0.397. The fraction of sp³-hybridized carbons (Fsp3) is 0.438. The van der Waals surface area contributed by atoms with Crippen molar-refractivity contribution in [3.8, 4) is 11.6 Å². The van der Waals surface area contributed by atoms with Gasteiger partial charge in [-0.15, -0.1) is 0 Å². The standard InChI is InChI=1S/C16H20FN3O/c1-10-5-4-6-14(15(10)17)21-16-13(9-18-12-7-8-12)11(2)19-20(16)3/h4-6,12,18H,7-9H2,1-3H3. The lowest BCUT2D eigenvalue weighted by atomic mass is 10.2. The van der Waals surface area contributed by atoms with E-state index >= 15 is 0 Å². The molecule has 0 saturated heterocycles. The highest BCUT2D eigenvalue weighted by atomic mass is 19.1. The first-order valence-electron chi connectivity index (χ1n) is 7.25. The Bertz CT molecular complexity index is 662. The minimum atomic E-state index is -0.322. The number of hydrogen-bond donors (Lipinski definition) is 1. The molecule has 1 fully saturated rings. The van der Waals surface area contributed by atoms with Gasteiger partial charge in [-0.3, -0.25) is 0 Å². The molecule has 0 unspecified atom stereocenters. The number of ether oxygens (including phenoxy) is 1. The molecule has 3 rings (SSSR count). The molecule has 21 heavy (non-hydrogen) atoms. The third kappa shape index (κ3) is 2.93. The quantitative estimate of drug-likeness (QED) is 0.918. The number of nitrogens with zero attached hydrogens (tertiary/aromatic N) is 2. The van der Waals surface area contributed by atoms with E-state index in [4.69, 9.17) is 4.74 Å². The zero-order valence-corrected chi connectivity index (χ0v) is 12.6. The first-order valence-corrected chi connectivity index (χ1v) is 7.25. The molecule has 1 saturated carbocycles. The van der Waals surface area contributed by atoms with Crippen molar-refractivity contribution in [2.75, 3.05) is 0 Å². The summed E-state index contributed by atoms with van der Waals surface area (Å²) in [5.41, 5.74) is 2.48. The molecule has 0 spiro atoms. The van der Waals surface area contributed by atoms with E-state index in [9.17, 15) is 4.39 Å². The molecule has 1 aromatic heterocycles. The van der Waals surface area contributed by atoms with E-state index in [1.807, 2.05) is 14.0 Å². The Balaban J connectivity index is 1.88. The van der Waals surface area contributed by atoms with Crippen LogP contribution in [-0.4, -0.2) is 15.8 Å². The van der Waals surface area contributed by atoms with Crippen LogP contribution in [0.1, 0.15) is 29.7 Å². The van der Waals surface area contributed by atoms with Gasteiger partial charge in [0.05, 0.1) is 11.3 Å². The van der Waals surface area contributed by atoms with Crippen LogP contribution in [0.2, 0.25) is 0 Å². The van der Waals surface area contributed by atoms with Gasteiger partial charge in [-0.1, -0.05) is 12.1 Å². The van der Waals surface area contributed by atoms with Crippen molar-refractivity contribution in [3.05, 3.63) is 40.8 Å². The maximum absolute atomic E-state index is 14.1. The van der Waals surface area contributed by atoms with Crippen LogP contribution in [0.3, 0.4) is 0 Å². The highest BCUT2D eigenvalue weighted by Crippen LogP contribution is 2.30. The summed E-state index contributed by atoms with van der Waals surface area (Å²) in [5, 5.41) is 7.84. The summed E-state index contributed by atoms with van der Waals surface area (Å²) in [6.07, 6.45) is 2.45. The zero-order valence-electron chi connectivity index (χ0n) is 12.6. The molecule has 2 aromatic rings. The minimum absolute atomic E-state index is 0.241. The van der Waals surface area contributed by atoms with Crippen LogP contribution in [0.15, 0.2) is 18.2 Å². The zero-order chi connectivity index (χ0) is 15.0. The molecule has 1 heterocycles. The van der Waals surface area contributed by atoms with Gasteiger partial charge in [-0.2, -0.15) is 5.10 Å². The molecule has 0 aliphatic heterocycles. The monoisotopic (exact) mass is 289 g/mol. The van der Waals surface area contributed by atoms with E-state index in [1.54, 1.807) is 29.8 Å². The molecule has 4 nitrogen and oxygen atoms in total. The normalized spacial score (nSPS) is 14.5. The van der Waals surface area contributed by atoms with Crippen LogP contribution in [-0.2, 0) is 13.6 Å². The van der Waals surface area contributed by atoms with Crippen LogP contribution in [0.4, 0.5) is 4.39 Å². The van der Waals surface area contributed by atoms with Gasteiger partial charge in [0.1, 0.15) is 0 Å². The summed E-state index contributed by atoms with van der Waals surface area (Å²) < 4.78 is 21.6. The topological polar surface area (TPSA) is 39.1 Å². The fourth-order valence-corrected chi connectivity index (χ4v) is 2.35. The van der Waals surface area contributed by atoms with E-state index in [2.05, 4.69) is 10.4 Å². The van der Waals surface area contributed by atoms with Gasteiger partial charge in [0.25, 0.3) is 0 Å².